The highest BCUT2D eigenvalue weighted by Crippen LogP contribution is 2.37. The van der Waals surface area contributed by atoms with Crippen molar-refractivity contribution in [1.82, 2.24) is 4.90 Å². The molecule has 2 unspecified atom stereocenters. The van der Waals surface area contributed by atoms with Crippen LogP contribution in [0.5, 0.6) is 0 Å². The van der Waals surface area contributed by atoms with E-state index in [-0.39, 0.29) is 11.6 Å². The van der Waals surface area contributed by atoms with E-state index in [2.05, 4.69) is 27.8 Å². The van der Waals surface area contributed by atoms with Gasteiger partial charge in [-0.05, 0) is 56.6 Å². The van der Waals surface area contributed by atoms with Gasteiger partial charge < -0.3 is 0 Å². The van der Waals surface area contributed by atoms with Gasteiger partial charge >= 0.3 is 0 Å². The van der Waals surface area contributed by atoms with Crippen LogP contribution in [0.1, 0.15) is 38.2 Å². The Hall–Kier alpha value is -0.740. The number of benzene rings is 1. The molecule has 21 heavy (non-hydrogen) atoms. The zero-order chi connectivity index (χ0) is 15.6. The summed E-state index contributed by atoms with van der Waals surface area (Å²) in [5.74, 6) is 0.462. The first-order valence-corrected chi connectivity index (χ1v) is 8.28. The third-order valence-corrected chi connectivity index (χ3v) is 5.09. The van der Waals surface area contributed by atoms with Crippen LogP contribution in [0.4, 0.5) is 4.39 Å². The standard InChI is InChI=1S/C17H23BrFNO/c1-12-5-4-6-17(11-12,20(2)3)16(21)9-13-7-14(18)10-15(19)8-13/h7-8,10,12H,4-6,9,11H2,1-3H3. The van der Waals surface area contributed by atoms with Crippen LogP contribution in [-0.4, -0.2) is 30.3 Å². The van der Waals surface area contributed by atoms with Gasteiger partial charge in [0, 0.05) is 10.9 Å². The average Bonchev–Trinajstić information content (AvgIpc) is 2.36. The van der Waals surface area contributed by atoms with Crippen molar-refractivity contribution >= 4 is 21.7 Å². The maximum absolute atomic E-state index is 13.5. The molecule has 1 aromatic carbocycles. The van der Waals surface area contributed by atoms with Gasteiger partial charge in [-0.3, -0.25) is 9.69 Å². The lowest BCUT2D eigenvalue weighted by Gasteiger charge is -2.44. The molecule has 1 saturated carbocycles. The lowest BCUT2D eigenvalue weighted by molar-refractivity contribution is -0.132. The monoisotopic (exact) mass is 355 g/mol. The van der Waals surface area contributed by atoms with Crippen molar-refractivity contribution in [2.75, 3.05) is 14.1 Å². The van der Waals surface area contributed by atoms with E-state index in [0.29, 0.717) is 16.8 Å². The van der Waals surface area contributed by atoms with Crippen LogP contribution >= 0.6 is 15.9 Å². The molecule has 1 fully saturated rings. The fourth-order valence-electron chi connectivity index (χ4n) is 3.50. The van der Waals surface area contributed by atoms with Gasteiger partial charge in [-0.15, -0.1) is 0 Å². The van der Waals surface area contributed by atoms with Crippen LogP contribution in [0.3, 0.4) is 0 Å². The van der Waals surface area contributed by atoms with Gasteiger partial charge in [0.05, 0.1) is 5.54 Å². The summed E-state index contributed by atoms with van der Waals surface area (Å²) in [7, 11) is 3.97. The molecule has 0 spiro atoms. The van der Waals surface area contributed by atoms with Crippen LogP contribution in [0.15, 0.2) is 22.7 Å². The molecule has 2 atom stereocenters. The Labute approximate surface area is 134 Å². The third kappa shape index (κ3) is 3.72. The number of nitrogens with zero attached hydrogens (tertiary/aromatic N) is 1. The summed E-state index contributed by atoms with van der Waals surface area (Å²) in [4.78, 5) is 15.0. The Morgan fingerprint density at radius 3 is 2.71 bits per heavy atom. The predicted octanol–water partition coefficient (Wildman–Crippen LogP) is 4.21. The molecule has 2 rings (SSSR count). The van der Waals surface area contributed by atoms with Crippen LogP contribution in [-0.2, 0) is 11.2 Å². The Morgan fingerprint density at radius 1 is 1.43 bits per heavy atom. The Morgan fingerprint density at radius 2 is 2.14 bits per heavy atom. The van der Waals surface area contributed by atoms with Crippen molar-refractivity contribution in [2.24, 2.45) is 5.92 Å². The van der Waals surface area contributed by atoms with Crippen molar-refractivity contribution in [1.29, 1.82) is 0 Å². The van der Waals surface area contributed by atoms with Gasteiger partial charge in [0.15, 0.2) is 5.78 Å². The number of hydrogen-bond acceptors (Lipinski definition) is 2. The lowest BCUT2D eigenvalue weighted by atomic mass is 9.72. The normalized spacial score (nSPS) is 26.1. The molecule has 1 aliphatic rings. The Balaban J connectivity index is 2.23. The van der Waals surface area contributed by atoms with Gasteiger partial charge in [0.2, 0.25) is 0 Å². The Bertz CT molecular complexity index is 511. The number of carbonyl (C=O) groups is 1. The highest BCUT2D eigenvalue weighted by molar-refractivity contribution is 9.10. The second-order valence-electron chi connectivity index (χ2n) is 6.51. The number of rotatable bonds is 4. The largest absolute Gasteiger partial charge is 0.297 e. The van der Waals surface area contributed by atoms with E-state index in [1.54, 1.807) is 0 Å². The highest BCUT2D eigenvalue weighted by Gasteiger charge is 2.42. The quantitative estimate of drug-likeness (QED) is 0.806. The van der Waals surface area contributed by atoms with Crippen molar-refractivity contribution in [3.63, 3.8) is 0 Å². The maximum Gasteiger partial charge on any atom is 0.157 e. The van der Waals surface area contributed by atoms with Gasteiger partial charge in [0.25, 0.3) is 0 Å². The second-order valence-corrected chi connectivity index (χ2v) is 7.42. The molecule has 0 heterocycles. The zero-order valence-corrected chi connectivity index (χ0v) is 14.5. The number of carbonyl (C=O) groups excluding carboxylic acids is 1. The van der Waals surface area contributed by atoms with Gasteiger partial charge in [-0.25, -0.2) is 4.39 Å². The summed E-state index contributed by atoms with van der Waals surface area (Å²) in [6, 6.07) is 4.70. The summed E-state index contributed by atoms with van der Waals surface area (Å²) in [5.41, 5.74) is 0.350. The topological polar surface area (TPSA) is 20.3 Å². The highest BCUT2D eigenvalue weighted by atomic mass is 79.9. The van der Waals surface area contributed by atoms with Gasteiger partial charge in [0.1, 0.15) is 5.82 Å². The summed E-state index contributed by atoms with van der Waals surface area (Å²) in [6.45, 7) is 2.21. The van der Waals surface area contributed by atoms with Crippen molar-refractivity contribution in [3.05, 3.63) is 34.1 Å². The van der Waals surface area contributed by atoms with Crippen molar-refractivity contribution in [2.45, 2.75) is 44.6 Å². The molecular weight excluding hydrogens is 333 g/mol. The van der Waals surface area contributed by atoms with E-state index in [1.807, 2.05) is 20.2 Å². The van der Waals surface area contributed by atoms with E-state index < -0.39 is 5.54 Å². The molecule has 2 nitrogen and oxygen atoms in total. The second kappa shape index (κ2) is 6.57. The minimum absolute atomic E-state index is 0.205. The van der Waals surface area contributed by atoms with E-state index >= 15 is 0 Å². The minimum atomic E-state index is -0.392. The maximum atomic E-state index is 13.5. The van der Waals surface area contributed by atoms with Crippen molar-refractivity contribution in [3.8, 4) is 0 Å². The van der Waals surface area contributed by atoms with Crippen LogP contribution in [0.25, 0.3) is 0 Å². The van der Waals surface area contributed by atoms with Crippen LogP contribution in [0, 0.1) is 11.7 Å². The molecule has 0 N–H and O–H groups in total. The summed E-state index contributed by atoms with van der Waals surface area (Å²) >= 11 is 3.29. The summed E-state index contributed by atoms with van der Waals surface area (Å²) < 4.78 is 14.2. The molecular formula is C17H23BrFNO. The predicted molar refractivity (Wildman–Crippen MR) is 86.9 cm³/mol. The molecule has 0 radical (unpaired) electrons. The molecule has 116 valence electrons. The fourth-order valence-corrected chi connectivity index (χ4v) is 4.01. The smallest absolute Gasteiger partial charge is 0.157 e. The first-order valence-electron chi connectivity index (χ1n) is 7.49. The third-order valence-electron chi connectivity index (χ3n) is 4.64. The van der Waals surface area contributed by atoms with Crippen LogP contribution in [0.2, 0.25) is 0 Å². The molecule has 0 aliphatic heterocycles. The number of Topliss-reactive ketones (excluding diaryl/α,β-unsaturated/α-hetero) is 1. The van der Waals surface area contributed by atoms with Gasteiger partial charge in [-0.1, -0.05) is 35.7 Å². The number of halogens is 2. The van der Waals surface area contributed by atoms with E-state index in [1.165, 1.54) is 18.6 Å². The SMILES string of the molecule is CC1CCCC(C(=O)Cc2cc(F)cc(Br)c2)(N(C)C)C1. The number of likely N-dealkylation sites (N-methyl/N-ethyl adjacent to an activating group) is 1. The summed E-state index contributed by atoms with van der Waals surface area (Å²) in [6.07, 6.45) is 4.36. The molecule has 1 aromatic rings. The van der Waals surface area contributed by atoms with E-state index in [9.17, 15) is 9.18 Å². The van der Waals surface area contributed by atoms with Crippen molar-refractivity contribution < 1.29 is 9.18 Å². The number of hydrogen-bond donors (Lipinski definition) is 0. The average molecular weight is 356 g/mol. The lowest BCUT2D eigenvalue weighted by Crippen LogP contribution is -2.54. The first-order chi connectivity index (χ1) is 9.83. The summed E-state index contributed by atoms with van der Waals surface area (Å²) in [5, 5.41) is 0. The number of ketones is 1. The molecule has 0 bridgehead atoms. The molecule has 0 aromatic heterocycles. The van der Waals surface area contributed by atoms with Crippen LogP contribution < -0.4 is 0 Å². The molecule has 0 amide bonds. The Kier molecular flexibility index (Phi) is 5.20. The molecule has 0 saturated heterocycles. The van der Waals surface area contributed by atoms with E-state index in [0.717, 1.165) is 24.8 Å². The molecule has 1 aliphatic carbocycles. The minimum Gasteiger partial charge on any atom is -0.297 e. The van der Waals surface area contributed by atoms with Gasteiger partial charge in [-0.2, -0.15) is 0 Å². The molecule has 4 heteroatoms. The zero-order valence-electron chi connectivity index (χ0n) is 13.0. The van der Waals surface area contributed by atoms with E-state index in [4.69, 9.17) is 0 Å². The fraction of sp³-hybridized carbons (Fsp3) is 0.588. The first kappa shape index (κ1) is 16.6.